The molecule has 0 spiro atoms. The van der Waals surface area contributed by atoms with Crippen LogP contribution in [-0.4, -0.2) is 5.91 Å². The van der Waals surface area contributed by atoms with Crippen molar-refractivity contribution in [2.45, 2.75) is 19.3 Å². The fourth-order valence-electron chi connectivity index (χ4n) is 2.52. The summed E-state index contributed by atoms with van der Waals surface area (Å²) in [6, 6.07) is 15.1. The highest BCUT2D eigenvalue weighted by atomic mass is 79.9. The van der Waals surface area contributed by atoms with Gasteiger partial charge in [0.2, 0.25) is 5.91 Å². The third-order valence-electron chi connectivity index (χ3n) is 3.81. The summed E-state index contributed by atoms with van der Waals surface area (Å²) in [5.74, 6) is 1.69. The summed E-state index contributed by atoms with van der Waals surface area (Å²) in [6.45, 7) is 0. The van der Waals surface area contributed by atoms with Crippen LogP contribution in [0.25, 0.3) is 0 Å². The van der Waals surface area contributed by atoms with E-state index in [0.29, 0.717) is 0 Å². The highest BCUT2D eigenvalue weighted by Crippen LogP contribution is 2.25. The number of amides is 1. The smallest absolute Gasteiger partial charge is 0.227 e. The van der Waals surface area contributed by atoms with E-state index in [4.69, 9.17) is 4.74 Å². The van der Waals surface area contributed by atoms with Gasteiger partial charge in [-0.15, -0.1) is 0 Å². The molecule has 0 heterocycles. The second-order valence-electron chi connectivity index (χ2n) is 5.55. The Morgan fingerprint density at radius 3 is 2.26 bits per heavy atom. The van der Waals surface area contributed by atoms with Crippen LogP contribution in [-0.2, 0) is 4.79 Å². The third-order valence-corrected chi connectivity index (χ3v) is 4.34. The Morgan fingerprint density at radius 1 is 1.00 bits per heavy atom. The van der Waals surface area contributed by atoms with Crippen LogP contribution in [0.4, 0.5) is 5.69 Å². The summed E-state index contributed by atoms with van der Waals surface area (Å²) in [5, 5.41) is 2.98. The molecular formula is C19H18BrNO2. The van der Waals surface area contributed by atoms with Crippen LogP contribution in [0.1, 0.15) is 19.3 Å². The zero-order valence-corrected chi connectivity index (χ0v) is 14.3. The van der Waals surface area contributed by atoms with Gasteiger partial charge in [0.25, 0.3) is 0 Å². The average Bonchev–Trinajstić information content (AvgIpc) is 2.59. The largest absolute Gasteiger partial charge is 0.457 e. The van der Waals surface area contributed by atoms with E-state index in [9.17, 15) is 4.79 Å². The molecule has 0 bridgehead atoms. The van der Waals surface area contributed by atoms with Gasteiger partial charge < -0.3 is 10.1 Å². The van der Waals surface area contributed by atoms with Gasteiger partial charge in [0.1, 0.15) is 11.5 Å². The fourth-order valence-corrected chi connectivity index (χ4v) is 2.79. The Morgan fingerprint density at radius 2 is 1.65 bits per heavy atom. The zero-order valence-electron chi connectivity index (χ0n) is 12.7. The number of carbonyl (C=O) groups excluding carboxylic acids is 1. The first-order valence-corrected chi connectivity index (χ1v) is 8.49. The minimum absolute atomic E-state index is 0.0821. The first-order valence-electron chi connectivity index (χ1n) is 7.70. The molecular weight excluding hydrogens is 354 g/mol. The molecule has 1 atom stereocenters. The van der Waals surface area contributed by atoms with E-state index < -0.39 is 0 Å². The summed E-state index contributed by atoms with van der Waals surface area (Å²) in [7, 11) is 0. The van der Waals surface area contributed by atoms with Crippen molar-refractivity contribution in [1.29, 1.82) is 0 Å². The number of carbonyl (C=O) groups is 1. The van der Waals surface area contributed by atoms with E-state index in [1.165, 1.54) is 0 Å². The Hall–Kier alpha value is -2.07. The molecule has 2 aromatic rings. The molecule has 3 nitrogen and oxygen atoms in total. The third kappa shape index (κ3) is 4.45. The molecule has 4 heteroatoms. The quantitative estimate of drug-likeness (QED) is 0.716. The number of benzene rings is 2. The first kappa shape index (κ1) is 15.8. The van der Waals surface area contributed by atoms with E-state index in [1.807, 2.05) is 48.5 Å². The standard InChI is InChI=1S/C19H18BrNO2/c20-15-6-10-17(11-7-15)23-18-12-8-16(9-13-18)21-19(22)14-4-2-1-3-5-14/h1-2,6-14H,3-5H2,(H,21,22). The number of rotatable bonds is 4. The minimum Gasteiger partial charge on any atom is -0.457 e. The van der Waals surface area contributed by atoms with Crippen molar-refractivity contribution in [3.05, 3.63) is 65.2 Å². The van der Waals surface area contributed by atoms with Gasteiger partial charge in [0, 0.05) is 16.1 Å². The van der Waals surface area contributed by atoms with Crippen molar-refractivity contribution in [3.63, 3.8) is 0 Å². The van der Waals surface area contributed by atoms with Crippen molar-refractivity contribution in [2.75, 3.05) is 5.32 Å². The normalized spacial score (nSPS) is 16.8. The van der Waals surface area contributed by atoms with Gasteiger partial charge in [-0.25, -0.2) is 0 Å². The molecule has 23 heavy (non-hydrogen) atoms. The lowest BCUT2D eigenvalue weighted by molar-refractivity contribution is -0.120. The van der Waals surface area contributed by atoms with Gasteiger partial charge in [-0.05, 0) is 67.8 Å². The second-order valence-corrected chi connectivity index (χ2v) is 6.47. The monoisotopic (exact) mass is 371 g/mol. The molecule has 1 aliphatic rings. The summed E-state index contributed by atoms with van der Waals surface area (Å²) < 4.78 is 6.78. The lowest BCUT2D eigenvalue weighted by Crippen LogP contribution is -2.23. The molecule has 118 valence electrons. The van der Waals surface area contributed by atoms with E-state index in [-0.39, 0.29) is 11.8 Å². The Kier molecular flexibility index (Phi) is 5.13. The van der Waals surface area contributed by atoms with Gasteiger partial charge in [0.15, 0.2) is 0 Å². The molecule has 1 aliphatic carbocycles. The summed E-state index contributed by atoms with van der Waals surface area (Å²) in [5.41, 5.74) is 0.799. The van der Waals surface area contributed by atoms with Crippen LogP contribution in [0.3, 0.4) is 0 Å². The Balaban J connectivity index is 1.59. The molecule has 3 rings (SSSR count). The van der Waals surface area contributed by atoms with Crippen LogP contribution < -0.4 is 10.1 Å². The average molecular weight is 372 g/mol. The van der Waals surface area contributed by atoms with Crippen molar-refractivity contribution >= 4 is 27.5 Å². The molecule has 1 unspecified atom stereocenters. The number of nitrogens with one attached hydrogen (secondary N) is 1. The van der Waals surface area contributed by atoms with E-state index in [2.05, 4.69) is 33.4 Å². The predicted octanol–water partition coefficient (Wildman–Crippen LogP) is 5.54. The van der Waals surface area contributed by atoms with Crippen molar-refractivity contribution in [3.8, 4) is 11.5 Å². The minimum atomic E-state index is 0.0821. The molecule has 1 amide bonds. The van der Waals surface area contributed by atoms with E-state index in [1.54, 1.807) is 0 Å². The maximum atomic E-state index is 12.2. The maximum Gasteiger partial charge on any atom is 0.227 e. The number of allylic oxidation sites excluding steroid dienone is 2. The van der Waals surface area contributed by atoms with Crippen molar-refractivity contribution < 1.29 is 9.53 Å². The molecule has 2 aromatic carbocycles. The van der Waals surface area contributed by atoms with Crippen molar-refractivity contribution in [2.24, 2.45) is 5.92 Å². The van der Waals surface area contributed by atoms with Crippen LogP contribution >= 0.6 is 15.9 Å². The predicted molar refractivity (Wildman–Crippen MR) is 95.8 cm³/mol. The Labute approximate surface area is 144 Å². The number of ether oxygens (including phenoxy) is 1. The highest BCUT2D eigenvalue weighted by molar-refractivity contribution is 9.10. The molecule has 0 saturated heterocycles. The Bertz CT molecular complexity index is 692. The number of hydrogen-bond donors (Lipinski definition) is 1. The lowest BCUT2D eigenvalue weighted by atomic mass is 9.93. The molecule has 0 fully saturated rings. The first-order chi connectivity index (χ1) is 11.2. The summed E-state index contributed by atoms with van der Waals surface area (Å²) in [4.78, 5) is 12.2. The highest BCUT2D eigenvalue weighted by Gasteiger charge is 2.18. The van der Waals surface area contributed by atoms with Gasteiger partial charge in [-0.2, -0.15) is 0 Å². The van der Waals surface area contributed by atoms with E-state index >= 15 is 0 Å². The van der Waals surface area contributed by atoms with Crippen molar-refractivity contribution in [1.82, 2.24) is 0 Å². The van der Waals surface area contributed by atoms with Gasteiger partial charge >= 0.3 is 0 Å². The topological polar surface area (TPSA) is 38.3 Å². The summed E-state index contributed by atoms with van der Waals surface area (Å²) in [6.07, 6.45) is 6.96. The number of hydrogen-bond acceptors (Lipinski definition) is 2. The number of halogens is 1. The van der Waals surface area contributed by atoms with Gasteiger partial charge in [0.05, 0.1) is 0 Å². The number of anilines is 1. The molecule has 1 N–H and O–H groups in total. The van der Waals surface area contributed by atoms with Crippen LogP contribution in [0.5, 0.6) is 11.5 Å². The van der Waals surface area contributed by atoms with E-state index in [0.717, 1.165) is 40.9 Å². The second kappa shape index (κ2) is 7.47. The maximum absolute atomic E-state index is 12.2. The van der Waals surface area contributed by atoms with Gasteiger partial charge in [-0.3, -0.25) is 4.79 Å². The molecule has 0 radical (unpaired) electrons. The molecule has 0 saturated carbocycles. The van der Waals surface area contributed by atoms with Crippen LogP contribution in [0, 0.1) is 5.92 Å². The summed E-state index contributed by atoms with van der Waals surface area (Å²) >= 11 is 3.40. The molecule has 0 aliphatic heterocycles. The lowest BCUT2D eigenvalue weighted by Gasteiger charge is -2.17. The SMILES string of the molecule is O=C(Nc1ccc(Oc2ccc(Br)cc2)cc1)C1CC=CCC1. The molecule has 0 aromatic heterocycles. The zero-order chi connectivity index (χ0) is 16.1. The van der Waals surface area contributed by atoms with Crippen LogP contribution in [0.2, 0.25) is 0 Å². The van der Waals surface area contributed by atoms with Crippen LogP contribution in [0.15, 0.2) is 65.2 Å². The fraction of sp³-hybridized carbons (Fsp3) is 0.211. The van der Waals surface area contributed by atoms with Gasteiger partial charge in [-0.1, -0.05) is 28.1 Å².